The van der Waals surface area contributed by atoms with Crippen LogP contribution in [0.4, 0.5) is 16.2 Å². The van der Waals surface area contributed by atoms with Crippen LogP contribution in [0.5, 0.6) is 0 Å². The number of nitrogens with one attached hydrogen (secondary N) is 1. The van der Waals surface area contributed by atoms with Crippen LogP contribution in [0, 0.1) is 5.82 Å². The van der Waals surface area contributed by atoms with E-state index in [0.29, 0.717) is 11.3 Å². The van der Waals surface area contributed by atoms with E-state index in [0.717, 1.165) is 0 Å². The number of aromatic nitrogens is 4. The predicted octanol–water partition coefficient (Wildman–Crippen LogP) is -0.00480. The standard InChI is InChI=1S/C18H20FN7O4/c1-8(9-2-4-10(19)5-3-9)24-25-18-22-15(20)12-16(23-18)26(7-21-12)17-14(29)13(28)11(6-27)30-17/h2-5,7,11,13-14,17,27-29H,6H2,1H3,(H3,20,22,23,25)/t11-,13-,14-,17-/m1/s1. The van der Waals surface area contributed by atoms with Crippen molar-refractivity contribution in [2.45, 2.75) is 31.5 Å². The van der Waals surface area contributed by atoms with Crippen molar-refractivity contribution in [3.63, 3.8) is 0 Å². The van der Waals surface area contributed by atoms with Crippen LogP contribution in [-0.4, -0.2) is 65.5 Å². The Hall–Kier alpha value is -3.19. The highest BCUT2D eigenvalue weighted by atomic mass is 19.1. The minimum Gasteiger partial charge on any atom is -0.394 e. The van der Waals surface area contributed by atoms with Crippen LogP contribution in [0.15, 0.2) is 35.7 Å². The number of aliphatic hydroxyl groups excluding tert-OH is 3. The molecule has 1 fully saturated rings. The molecule has 0 unspecified atom stereocenters. The quantitative estimate of drug-likeness (QED) is 0.284. The number of fused-ring (bicyclic) bond motifs is 1. The Morgan fingerprint density at radius 2 is 2.00 bits per heavy atom. The monoisotopic (exact) mass is 417 g/mol. The lowest BCUT2D eigenvalue weighted by Gasteiger charge is -2.16. The second-order valence-electron chi connectivity index (χ2n) is 6.80. The average Bonchev–Trinajstić information content (AvgIpc) is 3.28. The van der Waals surface area contributed by atoms with Crippen LogP contribution in [0.3, 0.4) is 0 Å². The van der Waals surface area contributed by atoms with Gasteiger partial charge < -0.3 is 25.8 Å². The highest BCUT2D eigenvalue weighted by Crippen LogP contribution is 2.32. The number of imidazole rings is 1. The van der Waals surface area contributed by atoms with Gasteiger partial charge in [-0.2, -0.15) is 15.1 Å². The van der Waals surface area contributed by atoms with E-state index in [9.17, 15) is 19.7 Å². The Kier molecular flexibility index (Phi) is 5.30. The van der Waals surface area contributed by atoms with Crippen molar-refractivity contribution < 1.29 is 24.4 Å². The number of rotatable bonds is 5. The third-order valence-corrected chi connectivity index (χ3v) is 4.83. The lowest BCUT2D eigenvalue weighted by molar-refractivity contribution is -0.0511. The number of halogens is 1. The Morgan fingerprint density at radius 1 is 1.27 bits per heavy atom. The SMILES string of the molecule is CC(=NNc1nc(N)c2ncn([C@@H]3O[C@H](CO)[C@@H](O)[C@H]3O)c2n1)c1ccc(F)cc1. The summed E-state index contributed by atoms with van der Waals surface area (Å²) in [7, 11) is 0. The van der Waals surface area contributed by atoms with Gasteiger partial charge in [-0.1, -0.05) is 12.1 Å². The van der Waals surface area contributed by atoms with E-state index in [2.05, 4.69) is 25.5 Å². The molecule has 0 aliphatic carbocycles. The van der Waals surface area contributed by atoms with Crippen LogP contribution in [-0.2, 0) is 4.74 Å². The molecule has 3 aromatic rings. The van der Waals surface area contributed by atoms with Crippen molar-refractivity contribution >= 4 is 28.6 Å². The number of hydrazone groups is 1. The summed E-state index contributed by atoms with van der Waals surface area (Å²) in [6.07, 6.45) is -3.17. The Balaban J connectivity index is 1.64. The molecule has 0 amide bonds. The number of hydrogen-bond donors (Lipinski definition) is 5. The van der Waals surface area contributed by atoms with Gasteiger partial charge in [0.2, 0.25) is 5.95 Å². The maximum Gasteiger partial charge on any atom is 0.247 e. The summed E-state index contributed by atoms with van der Waals surface area (Å²) in [4.78, 5) is 12.6. The highest BCUT2D eigenvalue weighted by Gasteiger charge is 2.44. The summed E-state index contributed by atoms with van der Waals surface area (Å²) in [5.41, 5.74) is 10.5. The first-order chi connectivity index (χ1) is 14.4. The molecule has 6 N–H and O–H groups in total. The fourth-order valence-corrected chi connectivity index (χ4v) is 3.17. The molecule has 4 rings (SSSR count). The number of nitrogen functional groups attached to an aromatic ring is 1. The summed E-state index contributed by atoms with van der Waals surface area (Å²) in [5, 5.41) is 33.8. The lowest BCUT2D eigenvalue weighted by Crippen LogP contribution is -2.33. The van der Waals surface area contributed by atoms with Gasteiger partial charge in [-0.15, -0.1) is 0 Å². The number of nitrogens with zero attached hydrogens (tertiary/aromatic N) is 5. The molecule has 30 heavy (non-hydrogen) atoms. The first-order valence-electron chi connectivity index (χ1n) is 9.07. The topological polar surface area (TPSA) is 164 Å². The number of benzene rings is 1. The molecule has 1 aromatic carbocycles. The van der Waals surface area contributed by atoms with Gasteiger partial charge in [-0.25, -0.2) is 14.8 Å². The number of anilines is 2. The van der Waals surface area contributed by atoms with Crippen molar-refractivity contribution in [2.75, 3.05) is 17.8 Å². The highest BCUT2D eigenvalue weighted by molar-refractivity contribution is 5.99. The van der Waals surface area contributed by atoms with E-state index in [-0.39, 0.29) is 28.7 Å². The summed E-state index contributed by atoms with van der Waals surface area (Å²) in [6.45, 7) is 1.27. The normalized spacial score (nSPS) is 24.5. The summed E-state index contributed by atoms with van der Waals surface area (Å²) in [5.74, 6) is -0.211. The van der Waals surface area contributed by atoms with Crippen LogP contribution in [0.25, 0.3) is 11.2 Å². The zero-order valence-electron chi connectivity index (χ0n) is 15.8. The van der Waals surface area contributed by atoms with Crippen molar-refractivity contribution in [1.29, 1.82) is 0 Å². The number of ether oxygens (including phenoxy) is 1. The third kappa shape index (κ3) is 3.57. The molecule has 158 valence electrons. The molecule has 4 atom stereocenters. The molecular weight excluding hydrogens is 397 g/mol. The van der Waals surface area contributed by atoms with E-state index in [1.165, 1.54) is 23.0 Å². The number of nitrogens with two attached hydrogens (primary N) is 1. The van der Waals surface area contributed by atoms with Gasteiger partial charge in [-0.3, -0.25) is 4.57 Å². The molecule has 0 radical (unpaired) electrons. The maximum atomic E-state index is 13.1. The van der Waals surface area contributed by atoms with Crippen molar-refractivity contribution in [3.8, 4) is 0 Å². The molecule has 2 aromatic heterocycles. The third-order valence-electron chi connectivity index (χ3n) is 4.83. The van der Waals surface area contributed by atoms with Gasteiger partial charge in [0.25, 0.3) is 0 Å². The molecule has 3 heterocycles. The second-order valence-corrected chi connectivity index (χ2v) is 6.80. The fraction of sp³-hybridized carbons (Fsp3) is 0.333. The second kappa shape index (κ2) is 7.91. The van der Waals surface area contributed by atoms with E-state index in [4.69, 9.17) is 10.5 Å². The van der Waals surface area contributed by atoms with Crippen LogP contribution >= 0.6 is 0 Å². The van der Waals surface area contributed by atoms with Gasteiger partial charge in [0.05, 0.1) is 18.6 Å². The Bertz CT molecular complexity index is 1090. The van der Waals surface area contributed by atoms with Crippen LogP contribution < -0.4 is 11.2 Å². The Labute approximate surface area is 169 Å². The average molecular weight is 417 g/mol. The van der Waals surface area contributed by atoms with E-state index >= 15 is 0 Å². The molecule has 0 spiro atoms. The summed E-state index contributed by atoms with van der Waals surface area (Å²) >= 11 is 0. The molecule has 12 heteroatoms. The molecule has 1 aliphatic heterocycles. The van der Waals surface area contributed by atoms with Gasteiger partial charge in [0.15, 0.2) is 17.7 Å². The number of aliphatic hydroxyl groups is 3. The van der Waals surface area contributed by atoms with E-state index in [1.807, 2.05) is 0 Å². The predicted molar refractivity (Wildman–Crippen MR) is 105 cm³/mol. The van der Waals surface area contributed by atoms with Crippen LogP contribution in [0.1, 0.15) is 18.7 Å². The molecule has 1 saturated heterocycles. The molecule has 11 nitrogen and oxygen atoms in total. The first-order valence-corrected chi connectivity index (χ1v) is 9.07. The molecule has 0 saturated carbocycles. The molecule has 1 aliphatic rings. The maximum absolute atomic E-state index is 13.1. The van der Waals surface area contributed by atoms with Crippen LogP contribution in [0.2, 0.25) is 0 Å². The minimum absolute atomic E-state index is 0.0648. The van der Waals surface area contributed by atoms with Gasteiger partial charge in [-0.05, 0) is 24.6 Å². The Morgan fingerprint density at radius 3 is 2.67 bits per heavy atom. The number of hydrogen-bond acceptors (Lipinski definition) is 10. The van der Waals surface area contributed by atoms with Crippen molar-refractivity contribution in [3.05, 3.63) is 42.0 Å². The zero-order chi connectivity index (χ0) is 21.4. The zero-order valence-corrected chi connectivity index (χ0v) is 15.8. The van der Waals surface area contributed by atoms with Gasteiger partial charge in [0.1, 0.15) is 29.6 Å². The first kappa shape index (κ1) is 20.1. The summed E-state index contributed by atoms with van der Waals surface area (Å²) < 4.78 is 20.0. The van der Waals surface area contributed by atoms with Crippen molar-refractivity contribution in [1.82, 2.24) is 19.5 Å². The lowest BCUT2D eigenvalue weighted by atomic mass is 10.1. The van der Waals surface area contributed by atoms with Gasteiger partial charge >= 0.3 is 0 Å². The van der Waals surface area contributed by atoms with E-state index < -0.39 is 31.1 Å². The summed E-state index contributed by atoms with van der Waals surface area (Å²) in [6, 6.07) is 5.83. The van der Waals surface area contributed by atoms with E-state index in [1.54, 1.807) is 19.1 Å². The molecule has 0 bridgehead atoms. The van der Waals surface area contributed by atoms with Crippen molar-refractivity contribution in [2.24, 2.45) is 5.10 Å². The molecular formula is C18H20FN7O4. The smallest absolute Gasteiger partial charge is 0.247 e. The largest absolute Gasteiger partial charge is 0.394 e. The van der Waals surface area contributed by atoms with Gasteiger partial charge in [0, 0.05) is 0 Å². The fourth-order valence-electron chi connectivity index (χ4n) is 3.17. The minimum atomic E-state index is -1.30.